The molecule has 1 aliphatic carbocycles. The molecule has 1 N–H and O–H groups in total. The summed E-state index contributed by atoms with van der Waals surface area (Å²) >= 11 is 1.26. The number of aliphatic imine (C=N–C) groups is 1. The molecule has 0 saturated heterocycles. The molecule has 0 unspecified atom stereocenters. The lowest BCUT2D eigenvalue weighted by Crippen LogP contribution is -2.25. The molecule has 24 heavy (non-hydrogen) atoms. The summed E-state index contributed by atoms with van der Waals surface area (Å²) in [5.74, 6) is -0.0763. The van der Waals surface area contributed by atoms with Crippen molar-refractivity contribution in [2.75, 3.05) is 19.8 Å². The van der Waals surface area contributed by atoms with Gasteiger partial charge in [-0.25, -0.2) is 0 Å². The van der Waals surface area contributed by atoms with E-state index in [1.54, 1.807) is 7.05 Å². The Hall–Kier alpha value is -2.01. The highest BCUT2D eigenvalue weighted by Gasteiger charge is 2.25. The van der Waals surface area contributed by atoms with E-state index in [-0.39, 0.29) is 5.75 Å². The fourth-order valence-corrected chi connectivity index (χ4v) is 3.73. The number of carbonyl (C=O) groups is 1. The second-order valence-corrected chi connectivity index (χ2v) is 7.12. The number of nitrogens with zero attached hydrogens (tertiary/aromatic N) is 2. The number of benzene rings is 2. The zero-order chi connectivity index (χ0) is 17.1. The summed E-state index contributed by atoms with van der Waals surface area (Å²) in [4.78, 5) is 17.0. The predicted octanol–water partition coefficient (Wildman–Crippen LogP) is 3.95. The maximum Gasteiger partial charge on any atom is 0.313 e. The van der Waals surface area contributed by atoms with Gasteiger partial charge in [-0.3, -0.25) is 9.79 Å². The molecule has 126 valence electrons. The van der Waals surface area contributed by atoms with Gasteiger partial charge in [-0.1, -0.05) is 48.2 Å². The summed E-state index contributed by atoms with van der Waals surface area (Å²) in [5, 5.41) is 12.2. The molecule has 0 aliphatic heterocycles. The molecule has 1 saturated carbocycles. The van der Waals surface area contributed by atoms with Crippen molar-refractivity contribution in [2.24, 2.45) is 4.99 Å². The first kappa shape index (κ1) is 16.8. The standard InChI is InChI=1S/C19H22N2O2S/c1-20-19(24-12-18(22)23)21(2)11-14-9-10-16(13-7-8-13)17-6-4-3-5-15(14)17/h3-6,9-10,13H,7-8,11-12H2,1-2H3,(H,22,23)/b20-19+. The highest BCUT2D eigenvalue weighted by molar-refractivity contribution is 8.14. The number of carboxylic acid groups (broad SMARTS) is 1. The van der Waals surface area contributed by atoms with E-state index >= 15 is 0 Å². The minimum atomic E-state index is -0.825. The van der Waals surface area contributed by atoms with Crippen molar-refractivity contribution in [3.8, 4) is 0 Å². The van der Waals surface area contributed by atoms with Gasteiger partial charge in [0.15, 0.2) is 5.17 Å². The lowest BCUT2D eigenvalue weighted by molar-refractivity contribution is -0.133. The molecule has 1 aliphatic rings. The van der Waals surface area contributed by atoms with E-state index in [0.29, 0.717) is 6.54 Å². The van der Waals surface area contributed by atoms with Crippen molar-refractivity contribution in [1.82, 2.24) is 4.90 Å². The molecule has 3 rings (SSSR count). The SMILES string of the molecule is C/N=C(/SCC(=O)O)N(C)Cc1ccc(C2CC2)c2ccccc12. The number of hydrogen-bond acceptors (Lipinski definition) is 3. The van der Waals surface area contributed by atoms with Crippen molar-refractivity contribution in [3.05, 3.63) is 47.5 Å². The second kappa shape index (κ2) is 7.26. The van der Waals surface area contributed by atoms with Crippen LogP contribution in [0.25, 0.3) is 10.8 Å². The smallest absolute Gasteiger partial charge is 0.313 e. The van der Waals surface area contributed by atoms with Gasteiger partial charge < -0.3 is 10.0 Å². The van der Waals surface area contributed by atoms with Crippen molar-refractivity contribution in [2.45, 2.75) is 25.3 Å². The van der Waals surface area contributed by atoms with Crippen LogP contribution in [0.15, 0.2) is 41.4 Å². The monoisotopic (exact) mass is 342 g/mol. The van der Waals surface area contributed by atoms with Crippen LogP contribution in [0.3, 0.4) is 0 Å². The minimum absolute atomic E-state index is 0.0262. The Bertz CT molecular complexity index is 784. The fraction of sp³-hybridized carbons (Fsp3) is 0.368. The Morgan fingerprint density at radius 2 is 1.96 bits per heavy atom. The molecule has 2 aromatic rings. The quantitative estimate of drug-likeness (QED) is 0.660. The maximum atomic E-state index is 10.8. The van der Waals surface area contributed by atoms with Crippen LogP contribution >= 0.6 is 11.8 Å². The van der Waals surface area contributed by atoms with Gasteiger partial charge in [-0.15, -0.1) is 0 Å². The molecule has 0 amide bonds. The van der Waals surface area contributed by atoms with Gasteiger partial charge in [-0.05, 0) is 40.7 Å². The minimum Gasteiger partial charge on any atom is -0.481 e. The third-order valence-electron chi connectivity index (χ3n) is 4.32. The summed E-state index contributed by atoms with van der Waals surface area (Å²) in [6, 6.07) is 13.0. The van der Waals surface area contributed by atoms with Crippen molar-refractivity contribution in [1.29, 1.82) is 0 Å². The lowest BCUT2D eigenvalue weighted by Gasteiger charge is -2.21. The summed E-state index contributed by atoms with van der Waals surface area (Å²) in [7, 11) is 3.66. The van der Waals surface area contributed by atoms with Crippen molar-refractivity contribution in [3.63, 3.8) is 0 Å². The molecule has 0 atom stereocenters. The highest BCUT2D eigenvalue weighted by Crippen LogP contribution is 2.43. The van der Waals surface area contributed by atoms with Crippen LogP contribution in [0.5, 0.6) is 0 Å². The molecule has 4 nitrogen and oxygen atoms in total. The topological polar surface area (TPSA) is 52.9 Å². The maximum absolute atomic E-state index is 10.8. The molecule has 2 aromatic carbocycles. The van der Waals surface area contributed by atoms with E-state index in [1.807, 2.05) is 11.9 Å². The van der Waals surface area contributed by atoms with Crippen LogP contribution in [0.1, 0.15) is 29.9 Å². The Balaban J connectivity index is 1.84. The molecule has 0 spiro atoms. The number of amidine groups is 1. The van der Waals surface area contributed by atoms with Gasteiger partial charge >= 0.3 is 5.97 Å². The van der Waals surface area contributed by atoms with Gasteiger partial charge in [0.2, 0.25) is 0 Å². The van der Waals surface area contributed by atoms with Gasteiger partial charge in [0.05, 0.1) is 5.75 Å². The molecule has 0 radical (unpaired) electrons. The van der Waals surface area contributed by atoms with Crippen molar-refractivity contribution >= 4 is 33.7 Å². The van der Waals surface area contributed by atoms with E-state index in [2.05, 4.69) is 41.4 Å². The van der Waals surface area contributed by atoms with Crippen molar-refractivity contribution < 1.29 is 9.90 Å². The van der Waals surface area contributed by atoms with Crippen LogP contribution in [0.2, 0.25) is 0 Å². The number of fused-ring (bicyclic) bond motifs is 1. The summed E-state index contributed by atoms with van der Waals surface area (Å²) in [6.45, 7) is 0.713. The average molecular weight is 342 g/mol. The first-order valence-electron chi connectivity index (χ1n) is 8.13. The van der Waals surface area contributed by atoms with Crippen LogP contribution < -0.4 is 0 Å². The number of aliphatic carboxylic acids is 1. The second-order valence-electron chi connectivity index (χ2n) is 6.18. The van der Waals surface area contributed by atoms with Gasteiger partial charge in [0.1, 0.15) is 0 Å². The summed E-state index contributed by atoms with van der Waals surface area (Å²) < 4.78 is 0. The predicted molar refractivity (Wildman–Crippen MR) is 101 cm³/mol. The number of rotatable bonds is 5. The van der Waals surface area contributed by atoms with Gasteiger partial charge in [0.25, 0.3) is 0 Å². The largest absolute Gasteiger partial charge is 0.481 e. The molecule has 1 fully saturated rings. The van der Waals surface area contributed by atoms with E-state index in [1.165, 1.54) is 46.5 Å². The zero-order valence-corrected chi connectivity index (χ0v) is 14.8. The third kappa shape index (κ3) is 3.73. The Labute approximate surface area is 146 Å². The first-order valence-corrected chi connectivity index (χ1v) is 9.11. The Kier molecular flexibility index (Phi) is 5.09. The molecular weight excluding hydrogens is 320 g/mol. The van der Waals surface area contributed by atoms with E-state index in [0.717, 1.165) is 11.1 Å². The summed E-state index contributed by atoms with van der Waals surface area (Å²) in [6.07, 6.45) is 2.59. The van der Waals surface area contributed by atoms with Crippen LogP contribution in [-0.4, -0.2) is 41.0 Å². The van der Waals surface area contributed by atoms with Crippen LogP contribution in [0, 0.1) is 0 Å². The normalized spacial score (nSPS) is 14.8. The van der Waals surface area contributed by atoms with E-state index in [9.17, 15) is 4.79 Å². The van der Waals surface area contributed by atoms with E-state index < -0.39 is 5.97 Å². The number of hydrogen-bond donors (Lipinski definition) is 1. The Morgan fingerprint density at radius 1 is 1.25 bits per heavy atom. The molecule has 5 heteroatoms. The van der Waals surface area contributed by atoms with Crippen LogP contribution in [0.4, 0.5) is 0 Å². The Morgan fingerprint density at radius 3 is 2.58 bits per heavy atom. The fourth-order valence-electron chi connectivity index (χ4n) is 3.07. The molecule has 0 heterocycles. The number of carboxylic acids is 1. The molecular formula is C19H22N2O2S. The lowest BCUT2D eigenvalue weighted by atomic mass is 9.97. The third-order valence-corrected chi connectivity index (χ3v) is 5.46. The highest BCUT2D eigenvalue weighted by atomic mass is 32.2. The summed E-state index contributed by atoms with van der Waals surface area (Å²) in [5.41, 5.74) is 2.70. The number of thioether (sulfide) groups is 1. The molecule has 0 bridgehead atoms. The van der Waals surface area contributed by atoms with E-state index in [4.69, 9.17) is 5.11 Å². The first-order chi connectivity index (χ1) is 11.6. The average Bonchev–Trinajstić information content (AvgIpc) is 3.40. The van der Waals surface area contributed by atoms with Crippen LogP contribution in [-0.2, 0) is 11.3 Å². The zero-order valence-electron chi connectivity index (χ0n) is 14.0. The van der Waals surface area contributed by atoms with Gasteiger partial charge in [0, 0.05) is 20.6 Å². The van der Waals surface area contributed by atoms with Gasteiger partial charge in [-0.2, -0.15) is 0 Å². The molecule has 0 aromatic heterocycles.